The highest BCUT2D eigenvalue weighted by molar-refractivity contribution is 6.08. The van der Waals surface area contributed by atoms with E-state index in [0.717, 1.165) is 0 Å². The van der Waals surface area contributed by atoms with Crippen LogP contribution in [0.2, 0.25) is 0 Å². The Bertz CT molecular complexity index is 658. The summed E-state index contributed by atoms with van der Waals surface area (Å²) in [5, 5.41) is 0. The first-order valence-corrected chi connectivity index (χ1v) is 7.17. The van der Waals surface area contributed by atoms with Gasteiger partial charge in [0.05, 0.1) is 17.8 Å². The van der Waals surface area contributed by atoms with Gasteiger partial charge >= 0.3 is 0 Å². The Hall–Kier alpha value is -1.93. The number of benzene rings is 2. The maximum absolute atomic E-state index is 4.94. The van der Waals surface area contributed by atoms with Gasteiger partial charge in [-0.1, -0.05) is 60.7 Å². The Morgan fingerprint density at radius 1 is 0.850 bits per heavy atom. The molecule has 2 aromatic carbocycles. The third-order valence-corrected chi connectivity index (χ3v) is 4.33. The Balaban J connectivity index is 1.73. The van der Waals surface area contributed by atoms with Crippen LogP contribution in [0, 0.1) is 0 Å². The zero-order valence-corrected chi connectivity index (χ0v) is 11.8. The first-order valence-electron chi connectivity index (χ1n) is 7.17. The van der Waals surface area contributed by atoms with Gasteiger partial charge in [0.15, 0.2) is 0 Å². The summed E-state index contributed by atoms with van der Waals surface area (Å²) in [5.41, 5.74) is 3.79. The van der Waals surface area contributed by atoms with Gasteiger partial charge in [-0.05, 0) is 25.0 Å². The molecule has 0 aromatic heterocycles. The highest BCUT2D eigenvalue weighted by Crippen LogP contribution is 2.54. The Kier molecular flexibility index (Phi) is 2.39. The van der Waals surface area contributed by atoms with Gasteiger partial charge in [-0.2, -0.15) is 0 Å². The normalized spacial score (nSPS) is 29.7. The maximum atomic E-state index is 4.94. The molecule has 0 amide bonds. The van der Waals surface area contributed by atoms with E-state index >= 15 is 0 Å². The van der Waals surface area contributed by atoms with Crippen LogP contribution in [-0.2, 0) is 0 Å². The molecule has 20 heavy (non-hydrogen) atoms. The number of nitrogens with zero attached hydrogens (tertiary/aromatic N) is 2. The van der Waals surface area contributed by atoms with Crippen LogP contribution in [0.5, 0.6) is 0 Å². The molecule has 100 valence electrons. The lowest BCUT2D eigenvalue weighted by molar-refractivity contribution is 0.281. The third kappa shape index (κ3) is 1.65. The monoisotopic (exact) mass is 262 g/mol. The van der Waals surface area contributed by atoms with E-state index in [1.807, 2.05) is 0 Å². The summed E-state index contributed by atoms with van der Waals surface area (Å²) >= 11 is 0. The van der Waals surface area contributed by atoms with E-state index in [-0.39, 0.29) is 5.66 Å². The second-order valence-electron chi connectivity index (χ2n) is 6.07. The largest absolute Gasteiger partial charge is 0.266 e. The predicted octanol–water partition coefficient (Wildman–Crippen LogP) is 3.65. The van der Waals surface area contributed by atoms with E-state index in [1.54, 1.807) is 0 Å². The van der Waals surface area contributed by atoms with E-state index in [2.05, 4.69) is 79.4 Å². The molecule has 2 aromatic rings. The average Bonchev–Trinajstić information content (AvgIpc) is 3.17. The van der Waals surface area contributed by atoms with Crippen LogP contribution in [-0.4, -0.2) is 22.3 Å². The third-order valence-electron chi connectivity index (χ3n) is 4.33. The van der Waals surface area contributed by atoms with E-state index in [0.29, 0.717) is 12.1 Å². The first-order chi connectivity index (χ1) is 9.68. The van der Waals surface area contributed by atoms with Crippen molar-refractivity contribution in [2.45, 2.75) is 31.6 Å². The number of aliphatic imine (C=N–C) groups is 1. The summed E-state index contributed by atoms with van der Waals surface area (Å²) in [5.74, 6) is 0. The SMILES string of the molecule is CC1(C)N=C(c2ccccc2)[C@@H]2[C@H](c3ccccc3)N21. The van der Waals surface area contributed by atoms with Crippen LogP contribution in [0.15, 0.2) is 65.7 Å². The quantitative estimate of drug-likeness (QED) is 0.754. The molecule has 2 aliphatic rings. The summed E-state index contributed by atoms with van der Waals surface area (Å²) in [6.07, 6.45) is 0. The van der Waals surface area contributed by atoms with Crippen molar-refractivity contribution in [2.75, 3.05) is 0 Å². The second kappa shape index (κ2) is 4.03. The van der Waals surface area contributed by atoms with Gasteiger partial charge in [0.2, 0.25) is 0 Å². The summed E-state index contributed by atoms with van der Waals surface area (Å²) in [7, 11) is 0. The van der Waals surface area contributed by atoms with E-state index in [4.69, 9.17) is 4.99 Å². The molecular formula is C18H18N2. The van der Waals surface area contributed by atoms with E-state index < -0.39 is 0 Å². The summed E-state index contributed by atoms with van der Waals surface area (Å²) in [4.78, 5) is 7.44. The Labute approximate surface area is 119 Å². The van der Waals surface area contributed by atoms with Crippen molar-refractivity contribution >= 4 is 5.71 Å². The topological polar surface area (TPSA) is 15.4 Å². The molecular weight excluding hydrogens is 244 g/mol. The maximum Gasteiger partial charge on any atom is 0.109 e. The predicted molar refractivity (Wildman–Crippen MR) is 81.9 cm³/mol. The van der Waals surface area contributed by atoms with E-state index in [1.165, 1.54) is 16.8 Å². The molecule has 3 atom stereocenters. The Morgan fingerprint density at radius 2 is 1.45 bits per heavy atom. The minimum atomic E-state index is -0.101. The Morgan fingerprint density at radius 3 is 2.10 bits per heavy atom. The van der Waals surface area contributed by atoms with Gasteiger partial charge in [-0.3, -0.25) is 9.89 Å². The van der Waals surface area contributed by atoms with Crippen molar-refractivity contribution in [3.05, 3.63) is 71.8 Å². The smallest absolute Gasteiger partial charge is 0.109 e. The van der Waals surface area contributed by atoms with Crippen molar-refractivity contribution in [3.63, 3.8) is 0 Å². The lowest BCUT2D eigenvalue weighted by Gasteiger charge is -2.20. The molecule has 2 heteroatoms. The lowest BCUT2D eigenvalue weighted by atomic mass is 10.0. The van der Waals surface area contributed by atoms with Crippen LogP contribution in [0.25, 0.3) is 0 Å². The molecule has 2 aliphatic heterocycles. The van der Waals surface area contributed by atoms with Gasteiger partial charge in [0, 0.05) is 0 Å². The highest BCUT2D eigenvalue weighted by atomic mass is 15.5. The minimum Gasteiger partial charge on any atom is -0.266 e. The molecule has 1 fully saturated rings. The molecule has 1 saturated heterocycles. The van der Waals surface area contributed by atoms with E-state index in [9.17, 15) is 0 Å². The van der Waals surface area contributed by atoms with Gasteiger partial charge < -0.3 is 0 Å². The van der Waals surface area contributed by atoms with Gasteiger partial charge in [-0.25, -0.2) is 0 Å². The van der Waals surface area contributed by atoms with Crippen LogP contribution in [0.3, 0.4) is 0 Å². The molecule has 2 nitrogen and oxygen atoms in total. The number of hydrogen-bond donors (Lipinski definition) is 0. The van der Waals surface area contributed by atoms with Gasteiger partial charge in [0.25, 0.3) is 0 Å². The molecule has 4 rings (SSSR count). The zero-order valence-electron chi connectivity index (χ0n) is 11.8. The van der Waals surface area contributed by atoms with Crippen LogP contribution in [0.4, 0.5) is 0 Å². The average molecular weight is 262 g/mol. The van der Waals surface area contributed by atoms with Gasteiger partial charge in [0.1, 0.15) is 5.66 Å². The fourth-order valence-corrected chi connectivity index (χ4v) is 3.45. The molecule has 0 radical (unpaired) electrons. The van der Waals surface area contributed by atoms with Crippen molar-refractivity contribution < 1.29 is 0 Å². The first kappa shape index (κ1) is 11.9. The fourth-order valence-electron chi connectivity index (χ4n) is 3.45. The van der Waals surface area contributed by atoms with Crippen LogP contribution >= 0.6 is 0 Å². The number of hydrogen-bond acceptors (Lipinski definition) is 2. The summed E-state index contributed by atoms with van der Waals surface area (Å²) in [6.45, 7) is 4.41. The molecule has 0 aliphatic carbocycles. The van der Waals surface area contributed by atoms with Gasteiger partial charge in [-0.15, -0.1) is 0 Å². The molecule has 0 saturated carbocycles. The number of fused-ring (bicyclic) bond motifs is 1. The lowest BCUT2D eigenvalue weighted by Crippen LogP contribution is -2.25. The molecule has 0 spiro atoms. The standard InChI is InChI=1S/C18H18N2/c1-18(2)19-15(13-9-5-3-6-10-13)17-16(20(17)18)14-11-7-4-8-12-14/h3-12,16-17H,1-2H3/t16-,17+,20?/m0/s1. The highest BCUT2D eigenvalue weighted by Gasteiger charge is 2.62. The van der Waals surface area contributed by atoms with Crippen molar-refractivity contribution in [1.29, 1.82) is 0 Å². The van der Waals surface area contributed by atoms with Crippen molar-refractivity contribution in [2.24, 2.45) is 4.99 Å². The molecule has 0 bridgehead atoms. The van der Waals surface area contributed by atoms with Crippen molar-refractivity contribution in [3.8, 4) is 0 Å². The van der Waals surface area contributed by atoms with Crippen LogP contribution < -0.4 is 0 Å². The fraction of sp³-hybridized carbons (Fsp3) is 0.278. The molecule has 2 heterocycles. The van der Waals surface area contributed by atoms with Crippen molar-refractivity contribution in [1.82, 2.24) is 4.90 Å². The van der Waals surface area contributed by atoms with Crippen LogP contribution in [0.1, 0.15) is 31.0 Å². The number of rotatable bonds is 2. The summed E-state index contributed by atoms with van der Waals surface area (Å²) in [6, 6.07) is 22.3. The zero-order chi connectivity index (χ0) is 13.7. The summed E-state index contributed by atoms with van der Waals surface area (Å²) < 4.78 is 0. The minimum absolute atomic E-state index is 0.101. The second-order valence-corrected chi connectivity index (χ2v) is 6.07. The molecule has 0 N–H and O–H groups in total. The molecule has 1 unspecified atom stereocenters.